The Bertz CT molecular complexity index is 1880. The predicted octanol–water partition coefficient (Wildman–Crippen LogP) is 6.87. The van der Waals surface area contributed by atoms with E-state index in [0.717, 1.165) is 36.0 Å². The molecule has 7 rings (SSSR count). The third-order valence-corrected chi connectivity index (χ3v) is 10.3. The van der Waals surface area contributed by atoms with E-state index in [1.807, 2.05) is 4.90 Å². The number of alkyl halides is 4. The summed E-state index contributed by atoms with van der Waals surface area (Å²) in [6, 6.07) is 4.82. The van der Waals surface area contributed by atoms with E-state index in [2.05, 4.69) is 21.0 Å². The number of ether oxygens (including phenoxy) is 1. The molecular formula is C31H29F6N7OS. The van der Waals surface area contributed by atoms with Crippen molar-refractivity contribution in [2.75, 3.05) is 43.4 Å². The van der Waals surface area contributed by atoms with Gasteiger partial charge in [0.1, 0.15) is 29.9 Å². The van der Waals surface area contributed by atoms with Gasteiger partial charge >= 0.3 is 12.2 Å². The van der Waals surface area contributed by atoms with Crippen LogP contribution in [0.15, 0.2) is 18.2 Å². The predicted molar refractivity (Wildman–Crippen MR) is 161 cm³/mol. The number of anilines is 2. The molecule has 46 heavy (non-hydrogen) atoms. The van der Waals surface area contributed by atoms with Crippen LogP contribution in [0, 0.1) is 28.9 Å². The molecule has 15 heteroatoms. The van der Waals surface area contributed by atoms with Gasteiger partial charge in [0.25, 0.3) is 0 Å². The molecule has 8 nitrogen and oxygen atoms in total. The summed E-state index contributed by atoms with van der Waals surface area (Å²) in [5.41, 5.74) is 2.15. The minimum atomic E-state index is -5.03. The number of rotatable bonds is 5. The van der Waals surface area contributed by atoms with Crippen molar-refractivity contribution in [3.8, 4) is 23.2 Å². The largest absolute Gasteiger partial charge is 0.461 e. The summed E-state index contributed by atoms with van der Waals surface area (Å²) in [5.74, 6) is -2.24. The number of nitrogens with zero attached hydrogens (tertiary/aromatic N) is 6. The molecule has 2 N–H and O–H groups in total. The van der Waals surface area contributed by atoms with E-state index in [9.17, 15) is 27.2 Å². The minimum Gasteiger partial charge on any atom is -0.461 e. The minimum absolute atomic E-state index is 0.0284. The lowest BCUT2D eigenvalue weighted by Gasteiger charge is -2.31. The number of nitriles is 1. The van der Waals surface area contributed by atoms with Crippen LogP contribution in [-0.2, 0) is 6.18 Å². The fourth-order valence-electron chi connectivity index (χ4n) is 7.26. The van der Waals surface area contributed by atoms with E-state index in [-0.39, 0.29) is 63.6 Å². The molecule has 242 valence electrons. The van der Waals surface area contributed by atoms with E-state index in [1.54, 1.807) is 4.90 Å². The number of benzene rings is 2. The summed E-state index contributed by atoms with van der Waals surface area (Å²) in [5, 5.41) is 9.23. The third-order valence-electron chi connectivity index (χ3n) is 9.42. The first kappa shape index (κ1) is 30.7. The Balaban J connectivity index is 1.42. The average molecular weight is 662 g/mol. The molecule has 5 heterocycles. The highest BCUT2D eigenvalue weighted by Gasteiger charge is 2.49. The van der Waals surface area contributed by atoms with Crippen LogP contribution in [0.3, 0.4) is 0 Å². The first-order valence-corrected chi connectivity index (χ1v) is 15.9. The van der Waals surface area contributed by atoms with E-state index in [0.29, 0.717) is 45.3 Å². The van der Waals surface area contributed by atoms with Gasteiger partial charge in [-0.05, 0) is 56.8 Å². The second-order valence-corrected chi connectivity index (χ2v) is 13.3. The Kier molecular flexibility index (Phi) is 7.63. The number of fused-ring (bicyclic) bond motifs is 3. The second kappa shape index (κ2) is 11.4. The van der Waals surface area contributed by atoms with Crippen LogP contribution in [0.2, 0.25) is 0 Å². The number of nitrogen functional groups attached to an aromatic ring is 1. The molecule has 0 aliphatic carbocycles. The average Bonchev–Trinajstić information content (AvgIpc) is 3.61. The van der Waals surface area contributed by atoms with Gasteiger partial charge in [-0.2, -0.15) is 28.4 Å². The molecule has 3 aliphatic rings. The lowest BCUT2D eigenvalue weighted by molar-refractivity contribution is -0.137. The lowest BCUT2D eigenvalue weighted by Crippen LogP contribution is -2.43. The van der Waals surface area contributed by atoms with Crippen LogP contribution in [0.25, 0.3) is 32.2 Å². The summed E-state index contributed by atoms with van der Waals surface area (Å²) in [6.45, 7) is 1.69. The summed E-state index contributed by atoms with van der Waals surface area (Å²) >= 11 is 0.746. The number of hydrogen-bond acceptors (Lipinski definition) is 9. The summed E-state index contributed by atoms with van der Waals surface area (Å²) in [6.07, 6.45) is -2.61. The first-order valence-electron chi connectivity index (χ1n) is 15.1. The van der Waals surface area contributed by atoms with Gasteiger partial charge in [-0.25, -0.2) is 18.2 Å². The van der Waals surface area contributed by atoms with Crippen molar-refractivity contribution in [1.82, 2.24) is 19.9 Å². The van der Waals surface area contributed by atoms with Crippen molar-refractivity contribution in [3.63, 3.8) is 0 Å². The van der Waals surface area contributed by atoms with Gasteiger partial charge in [0, 0.05) is 48.5 Å². The molecule has 0 spiro atoms. The van der Waals surface area contributed by atoms with Gasteiger partial charge < -0.3 is 15.4 Å². The van der Waals surface area contributed by atoms with Gasteiger partial charge in [0.05, 0.1) is 27.4 Å². The van der Waals surface area contributed by atoms with Crippen molar-refractivity contribution in [3.05, 3.63) is 35.4 Å². The van der Waals surface area contributed by atoms with Gasteiger partial charge in [-0.3, -0.25) is 4.90 Å². The van der Waals surface area contributed by atoms with E-state index in [4.69, 9.17) is 10.5 Å². The van der Waals surface area contributed by atoms with E-state index < -0.39 is 46.2 Å². The van der Waals surface area contributed by atoms with Crippen molar-refractivity contribution in [2.45, 2.75) is 56.4 Å². The second-order valence-electron chi connectivity index (χ2n) is 12.3. The van der Waals surface area contributed by atoms with Crippen molar-refractivity contribution >= 4 is 43.4 Å². The van der Waals surface area contributed by atoms with Crippen LogP contribution < -0.4 is 15.4 Å². The van der Waals surface area contributed by atoms with Gasteiger partial charge in [0.15, 0.2) is 10.9 Å². The Hall–Kier alpha value is -3.90. The first-order chi connectivity index (χ1) is 22.0. The summed E-state index contributed by atoms with van der Waals surface area (Å²) < 4.78 is 96.1. The Morgan fingerprint density at radius 2 is 1.91 bits per heavy atom. The molecule has 0 amide bonds. The molecular weight excluding hydrogens is 632 g/mol. The van der Waals surface area contributed by atoms with Crippen LogP contribution in [0.5, 0.6) is 6.01 Å². The molecule has 0 bridgehead atoms. The summed E-state index contributed by atoms with van der Waals surface area (Å²) in [7, 11) is 0. The van der Waals surface area contributed by atoms with Gasteiger partial charge in [-0.15, -0.1) is 0 Å². The quantitative estimate of drug-likeness (QED) is 0.231. The zero-order chi connectivity index (χ0) is 32.4. The van der Waals surface area contributed by atoms with Crippen molar-refractivity contribution < 1.29 is 31.1 Å². The molecule has 2 aromatic heterocycles. The molecule has 3 fully saturated rings. The highest BCUT2D eigenvalue weighted by Crippen LogP contribution is 2.46. The van der Waals surface area contributed by atoms with Crippen molar-refractivity contribution in [2.24, 2.45) is 5.92 Å². The molecule has 3 saturated heterocycles. The monoisotopic (exact) mass is 661 g/mol. The fourth-order valence-corrected chi connectivity index (χ4v) is 8.03. The molecule has 3 atom stereocenters. The number of nitrogens with two attached hydrogens (primary N) is 1. The standard InChI is InChI=1S/C31H29F6N7OS/c32-17-12-30(7-2-9-44(30)14-17)15-45-29-41-24-19(27(42-29)43-8-1-3-16(13-38)6-10-43)11-20(31(35,36)37)22(23(24)34)18-4-5-21(33)26-25(18)40-28(39)46-26/h4-5,11,16-17H,1-3,6-10,12,14-15H2,(H2,39,40)/t16?,17-,30+/m1/s1. The maximum absolute atomic E-state index is 16.8. The highest BCUT2D eigenvalue weighted by atomic mass is 32.1. The third kappa shape index (κ3) is 5.25. The molecule has 4 aromatic rings. The zero-order valence-electron chi connectivity index (χ0n) is 24.5. The SMILES string of the molecule is N#CC1CCCN(c2nc(OC[C@@]34CCCN3C[C@H](F)C4)nc3c(F)c(-c4ccc(F)c5sc(N)nc45)c(C(F)(F)F)cc23)CC1. The maximum atomic E-state index is 16.8. The zero-order valence-corrected chi connectivity index (χ0v) is 25.3. The lowest BCUT2D eigenvalue weighted by atomic mass is 9.95. The van der Waals surface area contributed by atoms with E-state index in [1.165, 1.54) is 0 Å². The van der Waals surface area contributed by atoms with Crippen molar-refractivity contribution in [1.29, 1.82) is 5.26 Å². The molecule has 1 unspecified atom stereocenters. The Morgan fingerprint density at radius 3 is 2.70 bits per heavy atom. The number of hydrogen-bond donors (Lipinski definition) is 1. The van der Waals surface area contributed by atoms with Gasteiger partial charge in [-0.1, -0.05) is 11.3 Å². The van der Waals surface area contributed by atoms with Gasteiger partial charge in [0.2, 0.25) is 0 Å². The summed E-state index contributed by atoms with van der Waals surface area (Å²) in [4.78, 5) is 16.6. The van der Waals surface area contributed by atoms with Crippen LogP contribution in [0.1, 0.15) is 44.1 Å². The van der Waals surface area contributed by atoms with Crippen LogP contribution >= 0.6 is 11.3 Å². The topological polar surface area (TPSA) is 104 Å². The molecule has 0 saturated carbocycles. The Labute approximate surface area is 263 Å². The number of halogens is 6. The van der Waals surface area contributed by atoms with Crippen LogP contribution in [-0.4, -0.2) is 64.3 Å². The molecule has 0 radical (unpaired) electrons. The number of thiazole rings is 1. The van der Waals surface area contributed by atoms with Crippen LogP contribution in [0.4, 0.5) is 37.3 Å². The molecule has 3 aliphatic heterocycles. The normalized spacial score (nSPS) is 24.0. The van der Waals surface area contributed by atoms with E-state index >= 15 is 4.39 Å². The highest BCUT2D eigenvalue weighted by molar-refractivity contribution is 7.22. The number of aromatic nitrogens is 3. The fraction of sp³-hybridized carbons (Fsp3) is 0.484. The Morgan fingerprint density at radius 1 is 1.09 bits per heavy atom. The molecule has 2 aromatic carbocycles. The smallest absolute Gasteiger partial charge is 0.417 e. The maximum Gasteiger partial charge on any atom is 0.417 e.